The molecule has 1 fully saturated rings. The standard InChI is InChI=1S/C17H22N4O3/c1-4-11-7-5-6-10-21(11)16(23)13-9-8-12-14(18-13)19(2)17(24)20(3)15(12)22/h8-9,11H,4-7,10H2,1-3H3/t11-/m0/s1. The van der Waals surface area contributed by atoms with Crippen molar-refractivity contribution >= 4 is 16.9 Å². The van der Waals surface area contributed by atoms with Crippen molar-refractivity contribution in [2.75, 3.05) is 6.54 Å². The van der Waals surface area contributed by atoms with Crippen LogP contribution in [-0.2, 0) is 14.1 Å². The summed E-state index contributed by atoms with van der Waals surface area (Å²) >= 11 is 0. The van der Waals surface area contributed by atoms with Gasteiger partial charge in [-0.2, -0.15) is 0 Å². The highest BCUT2D eigenvalue weighted by Gasteiger charge is 2.27. The minimum absolute atomic E-state index is 0.128. The van der Waals surface area contributed by atoms with Crippen LogP contribution in [0.5, 0.6) is 0 Å². The summed E-state index contributed by atoms with van der Waals surface area (Å²) < 4.78 is 2.35. The lowest BCUT2D eigenvalue weighted by molar-refractivity contribution is 0.0602. The van der Waals surface area contributed by atoms with Crippen LogP contribution >= 0.6 is 0 Å². The van der Waals surface area contributed by atoms with Gasteiger partial charge in [0.1, 0.15) is 11.3 Å². The zero-order valence-electron chi connectivity index (χ0n) is 14.3. The van der Waals surface area contributed by atoms with Crippen molar-refractivity contribution in [3.63, 3.8) is 0 Å². The van der Waals surface area contributed by atoms with Gasteiger partial charge in [0.25, 0.3) is 11.5 Å². The summed E-state index contributed by atoms with van der Waals surface area (Å²) in [6.07, 6.45) is 4.06. The summed E-state index contributed by atoms with van der Waals surface area (Å²) in [7, 11) is 2.99. The smallest absolute Gasteiger partial charge is 0.332 e. The average molecular weight is 330 g/mol. The van der Waals surface area contributed by atoms with Crippen molar-refractivity contribution in [3.05, 3.63) is 38.7 Å². The monoisotopic (exact) mass is 330 g/mol. The zero-order chi connectivity index (χ0) is 17.4. The summed E-state index contributed by atoms with van der Waals surface area (Å²) in [5.74, 6) is -0.128. The molecule has 0 radical (unpaired) electrons. The number of nitrogens with zero attached hydrogens (tertiary/aromatic N) is 4. The van der Waals surface area contributed by atoms with Crippen molar-refractivity contribution in [2.24, 2.45) is 14.1 Å². The van der Waals surface area contributed by atoms with Crippen LogP contribution in [0.2, 0.25) is 0 Å². The molecule has 1 amide bonds. The van der Waals surface area contributed by atoms with Crippen LogP contribution < -0.4 is 11.2 Å². The number of carbonyl (C=O) groups excluding carboxylic acids is 1. The largest absolute Gasteiger partial charge is 0.334 e. The molecule has 0 N–H and O–H groups in total. The Morgan fingerprint density at radius 1 is 1.21 bits per heavy atom. The van der Waals surface area contributed by atoms with Gasteiger partial charge in [0.2, 0.25) is 0 Å². The molecule has 1 saturated heterocycles. The van der Waals surface area contributed by atoms with Gasteiger partial charge in [-0.15, -0.1) is 0 Å². The van der Waals surface area contributed by atoms with E-state index in [2.05, 4.69) is 11.9 Å². The maximum atomic E-state index is 12.9. The molecule has 0 spiro atoms. The van der Waals surface area contributed by atoms with Gasteiger partial charge in [0, 0.05) is 26.7 Å². The van der Waals surface area contributed by atoms with E-state index in [1.807, 2.05) is 4.90 Å². The van der Waals surface area contributed by atoms with Gasteiger partial charge in [-0.05, 0) is 37.8 Å². The Kier molecular flexibility index (Phi) is 4.26. The Morgan fingerprint density at radius 2 is 1.96 bits per heavy atom. The Balaban J connectivity index is 2.09. The highest BCUT2D eigenvalue weighted by Crippen LogP contribution is 2.21. The number of amides is 1. The second-order valence-electron chi connectivity index (χ2n) is 6.33. The molecule has 0 unspecified atom stereocenters. The molecule has 24 heavy (non-hydrogen) atoms. The van der Waals surface area contributed by atoms with Crippen LogP contribution in [0.1, 0.15) is 43.1 Å². The average Bonchev–Trinajstić information content (AvgIpc) is 2.63. The van der Waals surface area contributed by atoms with Gasteiger partial charge in [-0.3, -0.25) is 18.7 Å². The van der Waals surface area contributed by atoms with E-state index in [1.54, 1.807) is 19.2 Å². The van der Waals surface area contributed by atoms with Crippen LogP contribution in [-0.4, -0.2) is 37.5 Å². The number of rotatable bonds is 2. The Bertz CT molecular complexity index is 912. The summed E-state index contributed by atoms with van der Waals surface area (Å²) in [6.45, 7) is 2.81. The Labute approximate surface area is 139 Å². The fourth-order valence-electron chi connectivity index (χ4n) is 3.41. The molecule has 7 heteroatoms. The number of piperidine rings is 1. The third kappa shape index (κ3) is 2.53. The van der Waals surface area contributed by atoms with Crippen LogP contribution in [0.25, 0.3) is 11.0 Å². The summed E-state index contributed by atoms with van der Waals surface area (Å²) in [5.41, 5.74) is -0.317. The number of hydrogen-bond donors (Lipinski definition) is 0. The lowest BCUT2D eigenvalue weighted by Gasteiger charge is -2.35. The molecule has 7 nitrogen and oxygen atoms in total. The number of likely N-dealkylation sites (tertiary alicyclic amines) is 1. The van der Waals surface area contributed by atoms with Gasteiger partial charge in [0.15, 0.2) is 0 Å². The number of aromatic nitrogens is 3. The maximum Gasteiger partial charge on any atom is 0.332 e. The number of pyridine rings is 1. The molecule has 128 valence electrons. The molecule has 0 aliphatic carbocycles. The van der Waals surface area contributed by atoms with Crippen molar-refractivity contribution < 1.29 is 4.79 Å². The fourth-order valence-corrected chi connectivity index (χ4v) is 3.41. The molecular formula is C17H22N4O3. The summed E-state index contributed by atoms with van der Waals surface area (Å²) in [4.78, 5) is 43.3. The molecule has 3 heterocycles. The van der Waals surface area contributed by atoms with Crippen molar-refractivity contribution in [2.45, 2.75) is 38.6 Å². The lowest BCUT2D eigenvalue weighted by Crippen LogP contribution is -2.44. The molecule has 2 aromatic heterocycles. The molecule has 0 aromatic carbocycles. The van der Waals surface area contributed by atoms with Crippen LogP contribution in [0.4, 0.5) is 0 Å². The maximum absolute atomic E-state index is 12.9. The first-order valence-corrected chi connectivity index (χ1v) is 8.33. The summed E-state index contributed by atoms with van der Waals surface area (Å²) in [6, 6.07) is 3.40. The van der Waals surface area contributed by atoms with E-state index in [1.165, 1.54) is 11.6 Å². The molecular weight excluding hydrogens is 308 g/mol. The highest BCUT2D eigenvalue weighted by molar-refractivity contribution is 5.94. The van der Waals surface area contributed by atoms with Gasteiger partial charge in [0.05, 0.1) is 5.39 Å². The highest BCUT2D eigenvalue weighted by atomic mass is 16.2. The topological polar surface area (TPSA) is 77.2 Å². The summed E-state index contributed by atoms with van der Waals surface area (Å²) in [5, 5.41) is 0.335. The molecule has 0 bridgehead atoms. The first kappa shape index (κ1) is 16.4. The SMILES string of the molecule is CC[C@H]1CCCCN1C(=O)c1ccc2c(=O)n(C)c(=O)n(C)c2n1. The predicted molar refractivity (Wildman–Crippen MR) is 91.2 cm³/mol. The molecule has 3 rings (SSSR count). The van der Waals surface area contributed by atoms with Gasteiger partial charge < -0.3 is 4.90 Å². The number of aryl methyl sites for hydroxylation is 1. The number of fused-ring (bicyclic) bond motifs is 1. The lowest BCUT2D eigenvalue weighted by atomic mass is 9.99. The number of carbonyl (C=O) groups is 1. The van der Waals surface area contributed by atoms with Crippen LogP contribution in [0, 0.1) is 0 Å². The first-order chi connectivity index (χ1) is 11.5. The van der Waals surface area contributed by atoms with Crippen molar-refractivity contribution in [1.82, 2.24) is 19.0 Å². The normalized spacial score (nSPS) is 18.1. The molecule has 2 aromatic rings. The van der Waals surface area contributed by atoms with E-state index < -0.39 is 11.2 Å². The van der Waals surface area contributed by atoms with Crippen LogP contribution in [0.15, 0.2) is 21.7 Å². The molecule has 1 atom stereocenters. The van der Waals surface area contributed by atoms with E-state index in [4.69, 9.17) is 0 Å². The van der Waals surface area contributed by atoms with E-state index in [9.17, 15) is 14.4 Å². The minimum Gasteiger partial charge on any atom is -0.334 e. The van der Waals surface area contributed by atoms with E-state index >= 15 is 0 Å². The van der Waals surface area contributed by atoms with E-state index in [-0.39, 0.29) is 23.3 Å². The van der Waals surface area contributed by atoms with Crippen molar-refractivity contribution in [3.8, 4) is 0 Å². The second-order valence-corrected chi connectivity index (χ2v) is 6.33. The zero-order valence-corrected chi connectivity index (χ0v) is 14.3. The minimum atomic E-state index is -0.450. The Morgan fingerprint density at radius 3 is 2.67 bits per heavy atom. The quantitative estimate of drug-likeness (QED) is 0.824. The first-order valence-electron chi connectivity index (χ1n) is 8.33. The molecule has 1 aliphatic heterocycles. The van der Waals surface area contributed by atoms with Crippen LogP contribution in [0.3, 0.4) is 0 Å². The Hall–Kier alpha value is -2.44. The van der Waals surface area contributed by atoms with E-state index in [0.717, 1.165) is 36.8 Å². The number of hydrogen-bond acceptors (Lipinski definition) is 4. The van der Waals surface area contributed by atoms with E-state index in [0.29, 0.717) is 5.39 Å². The van der Waals surface area contributed by atoms with Crippen molar-refractivity contribution in [1.29, 1.82) is 0 Å². The third-order valence-corrected chi connectivity index (χ3v) is 4.88. The van der Waals surface area contributed by atoms with Gasteiger partial charge in [-0.25, -0.2) is 9.78 Å². The molecule has 1 aliphatic rings. The fraction of sp³-hybridized carbons (Fsp3) is 0.529. The van der Waals surface area contributed by atoms with Gasteiger partial charge >= 0.3 is 5.69 Å². The second kappa shape index (κ2) is 6.22. The molecule has 0 saturated carbocycles. The third-order valence-electron chi connectivity index (χ3n) is 4.88. The predicted octanol–water partition coefficient (Wildman–Crippen LogP) is 1.04. The van der Waals surface area contributed by atoms with Gasteiger partial charge in [-0.1, -0.05) is 6.92 Å².